The number of ether oxygens (including phenoxy) is 2. The molecule has 6 nitrogen and oxygen atoms in total. The molecular formula is C26H25BrN2O4S. The predicted octanol–water partition coefficient (Wildman–Crippen LogP) is 5.73. The Morgan fingerprint density at radius 2 is 1.94 bits per heavy atom. The van der Waals surface area contributed by atoms with Gasteiger partial charge in [0.05, 0.1) is 17.1 Å². The molecule has 1 aliphatic rings. The molecule has 8 heteroatoms. The Kier molecular flexibility index (Phi) is 7.70. The number of hydrogen-bond acceptors (Lipinski definition) is 5. The van der Waals surface area contributed by atoms with E-state index in [2.05, 4.69) is 21.2 Å². The first kappa shape index (κ1) is 24.0. The highest BCUT2D eigenvalue weighted by atomic mass is 79.9. The molecule has 1 aliphatic carbocycles. The fourth-order valence-corrected chi connectivity index (χ4v) is 5.82. The molecule has 0 atom stereocenters. The number of methoxy groups -OCH3 is 1. The average Bonchev–Trinajstić information content (AvgIpc) is 3.20. The van der Waals surface area contributed by atoms with Gasteiger partial charge >= 0.3 is 0 Å². The maximum Gasteiger partial charge on any atom is 0.251 e. The third-order valence-corrected chi connectivity index (χ3v) is 7.36. The highest BCUT2D eigenvalue weighted by Crippen LogP contribution is 2.39. The summed E-state index contributed by atoms with van der Waals surface area (Å²) in [6.45, 7) is 0.403. The summed E-state index contributed by atoms with van der Waals surface area (Å²) in [5, 5.41) is 3.36. The topological polar surface area (TPSA) is 90.6 Å². The fourth-order valence-electron chi connectivity index (χ4n) is 3.95. The minimum absolute atomic E-state index is 0.333. The normalized spacial score (nSPS) is 12.9. The van der Waals surface area contributed by atoms with Crippen molar-refractivity contribution in [3.05, 3.63) is 80.1 Å². The van der Waals surface area contributed by atoms with Crippen molar-refractivity contribution in [2.45, 2.75) is 32.3 Å². The van der Waals surface area contributed by atoms with Gasteiger partial charge in [-0.25, -0.2) is 0 Å². The molecule has 4 rings (SSSR count). The van der Waals surface area contributed by atoms with E-state index < -0.39 is 5.91 Å². The second-order valence-corrected chi connectivity index (χ2v) is 9.87. The fraction of sp³-hybridized carbons (Fsp3) is 0.231. The largest absolute Gasteiger partial charge is 0.493 e. The number of benzene rings is 2. The molecule has 176 valence electrons. The first-order valence-electron chi connectivity index (χ1n) is 10.9. The maximum absolute atomic E-state index is 12.6. The Morgan fingerprint density at radius 3 is 2.68 bits per heavy atom. The summed E-state index contributed by atoms with van der Waals surface area (Å²) in [7, 11) is 1.57. The van der Waals surface area contributed by atoms with Gasteiger partial charge in [-0.1, -0.05) is 30.3 Å². The molecule has 3 N–H and O–H groups in total. The minimum atomic E-state index is -0.501. The molecule has 3 aromatic rings. The van der Waals surface area contributed by atoms with Crippen LogP contribution >= 0.6 is 27.3 Å². The van der Waals surface area contributed by atoms with E-state index in [0.29, 0.717) is 33.1 Å². The van der Waals surface area contributed by atoms with Gasteiger partial charge in [0, 0.05) is 11.0 Å². The standard InChI is InChI=1S/C26H25BrN2O4S/c1-32-20-14-17(13-19(27)24(20)33-15-16-7-3-2-4-8-16)11-12-22(30)29-26-23(25(28)31)18-9-5-6-10-21(18)34-26/h2-4,7-8,11-14H,5-6,9-10,15H2,1H3,(H2,28,31)(H,29,30). The Morgan fingerprint density at radius 1 is 1.18 bits per heavy atom. The molecule has 0 saturated heterocycles. The molecule has 2 aromatic carbocycles. The minimum Gasteiger partial charge on any atom is -0.493 e. The van der Waals surface area contributed by atoms with Gasteiger partial charge < -0.3 is 20.5 Å². The van der Waals surface area contributed by atoms with Crippen LogP contribution in [0.25, 0.3) is 6.08 Å². The van der Waals surface area contributed by atoms with E-state index in [1.165, 1.54) is 17.4 Å². The lowest BCUT2D eigenvalue weighted by molar-refractivity contribution is -0.111. The number of fused-ring (bicyclic) bond motifs is 1. The van der Waals surface area contributed by atoms with Crippen molar-refractivity contribution in [1.82, 2.24) is 0 Å². The summed E-state index contributed by atoms with van der Waals surface area (Å²) in [4.78, 5) is 25.8. The maximum atomic E-state index is 12.6. The molecule has 0 saturated carbocycles. The highest BCUT2D eigenvalue weighted by Gasteiger charge is 2.24. The number of anilines is 1. The zero-order valence-electron chi connectivity index (χ0n) is 18.7. The number of carbonyl (C=O) groups is 2. The number of hydrogen-bond donors (Lipinski definition) is 2. The number of thiophene rings is 1. The summed E-state index contributed by atoms with van der Waals surface area (Å²) in [6, 6.07) is 13.5. The van der Waals surface area contributed by atoms with Crippen molar-refractivity contribution in [2.75, 3.05) is 12.4 Å². The van der Waals surface area contributed by atoms with E-state index in [4.69, 9.17) is 15.2 Å². The lowest BCUT2D eigenvalue weighted by atomic mass is 9.95. The lowest BCUT2D eigenvalue weighted by Gasteiger charge is -2.13. The third-order valence-electron chi connectivity index (χ3n) is 5.56. The number of carbonyl (C=O) groups excluding carboxylic acids is 2. The number of aryl methyl sites for hydroxylation is 1. The van der Waals surface area contributed by atoms with Crippen molar-refractivity contribution < 1.29 is 19.1 Å². The van der Waals surface area contributed by atoms with Crippen LogP contribution in [0.1, 0.15) is 44.8 Å². The Bertz CT molecular complexity index is 1240. The SMILES string of the molecule is COc1cc(C=CC(=O)Nc2sc3c(c2C(N)=O)CCCC3)cc(Br)c1OCc1ccccc1. The first-order valence-corrected chi connectivity index (χ1v) is 12.5. The molecule has 0 aliphatic heterocycles. The summed E-state index contributed by atoms with van der Waals surface area (Å²) >= 11 is 4.99. The van der Waals surface area contributed by atoms with Crippen molar-refractivity contribution in [3.63, 3.8) is 0 Å². The van der Waals surface area contributed by atoms with Gasteiger partial charge in [0.2, 0.25) is 5.91 Å². The van der Waals surface area contributed by atoms with E-state index in [-0.39, 0.29) is 5.91 Å². The number of nitrogens with two attached hydrogens (primary N) is 1. The zero-order valence-corrected chi connectivity index (χ0v) is 21.1. The number of primary amides is 1. The summed E-state index contributed by atoms with van der Waals surface area (Å²) in [6.07, 6.45) is 6.96. The zero-order chi connectivity index (χ0) is 24.1. The summed E-state index contributed by atoms with van der Waals surface area (Å²) in [5.74, 6) is 0.301. The van der Waals surface area contributed by atoms with Crippen LogP contribution < -0.4 is 20.5 Å². The van der Waals surface area contributed by atoms with Crippen LogP contribution in [0.5, 0.6) is 11.5 Å². The molecule has 1 aromatic heterocycles. The molecule has 34 heavy (non-hydrogen) atoms. The van der Waals surface area contributed by atoms with Crippen molar-refractivity contribution in [2.24, 2.45) is 5.73 Å². The molecule has 1 heterocycles. The third kappa shape index (κ3) is 5.51. The van der Waals surface area contributed by atoms with Crippen molar-refractivity contribution >= 4 is 50.2 Å². The van der Waals surface area contributed by atoms with Gasteiger partial charge in [0.15, 0.2) is 11.5 Å². The van der Waals surface area contributed by atoms with Crippen LogP contribution in [0.2, 0.25) is 0 Å². The Balaban J connectivity index is 1.48. The van der Waals surface area contributed by atoms with Crippen LogP contribution in [0.4, 0.5) is 5.00 Å². The molecule has 2 amide bonds. The van der Waals surface area contributed by atoms with Gasteiger partial charge in [0.25, 0.3) is 5.91 Å². The monoisotopic (exact) mass is 540 g/mol. The molecule has 0 fully saturated rings. The predicted molar refractivity (Wildman–Crippen MR) is 139 cm³/mol. The van der Waals surface area contributed by atoms with Crippen molar-refractivity contribution in [1.29, 1.82) is 0 Å². The Hall–Kier alpha value is -3.10. The molecule has 0 unspecified atom stereocenters. The second-order valence-electron chi connectivity index (χ2n) is 7.91. The highest BCUT2D eigenvalue weighted by molar-refractivity contribution is 9.10. The summed E-state index contributed by atoms with van der Waals surface area (Å²) < 4.78 is 12.2. The van der Waals surface area contributed by atoms with E-state index in [1.54, 1.807) is 19.3 Å². The van der Waals surface area contributed by atoms with Gasteiger partial charge in [-0.3, -0.25) is 9.59 Å². The first-order chi connectivity index (χ1) is 16.5. The van der Waals surface area contributed by atoms with Gasteiger partial charge in [-0.15, -0.1) is 11.3 Å². The van der Waals surface area contributed by atoms with Gasteiger partial charge in [0.1, 0.15) is 11.6 Å². The average molecular weight is 541 g/mol. The van der Waals surface area contributed by atoms with Crippen LogP contribution in [-0.2, 0) is 24.2 Å². The molecule has 0 bridgehead atoms. The summed E-state index contributed by atoms with van der Waals surface area (Å²) in [5.41, 5.74) is 8.85. The van der Waals surface area contributed by atoms with E-state index in [9.17, 15) is 9.59 Å². The quantitative estimate of drug-likeness (QED) is 0.357. The lowest BCUT2D eigenvalue weighted by Crippen LogP contribution is -2.17. The molecular weight excluding hydrogens is 516 g/mol. The van der Waals surface area contributed by atoms with Crippen LogP contribution in [0.15, 0.2) is 53.0 Å². The number of amides is 2. The van der Waals surface area contributed by atoms with Crippen LogP contribution in [0.3, 0.4) is 0 Å². The van der Waals surface area contributed by atoms with Gasteiger partial charge in [-0.2, -0.15) is 0 Å². The van der Waals surface area contributed by atoms with E-state index in [1.807, 2.05) is 36.4 Å². The second kappa shape index (κ2) is 10.9. The number of rotatable bonds is 8. The van der Waals surface area contributed by atoms with Crippen molar-refractivity contribution in [3.8, 4) is 11.5 Å². The smallest absolute Gasteiger partial charge is 0.251 e. The van der Waals surface area contributed by atoms with E-state index >= 15 is 0 Å². The number of halogens is 1. The van der Waals surface area contributed by atoms with Crippen LogP contribution in [-0.4, -0.2) is 18.9 Å². The van der Waals surface area contributed by atoms with Crippen LogP contribution in [0, 0.1) is 0 Å². The van der Waals surface area contributed by atoms with Gasteiger partial charge in [-0.05, 0) is 76.5 Å². The molecule has 0 spiro atoms. The Labute approximate surface area is 210 Å². The molecule has 0 radical (unpaired) electrons. The van der Waals surface area contributed by atoms with E-state index in [0.717, 1.165) is 47.3 Å². The number of nitrogens with one attached hydrogen (secondary N) is 1.